The van der Waals surface area contributed by atoms with Gasteiger partial charge >= 0.3 is 6.03 Å². The number of urea groups is 1. The molecule has 0 spiro atoms. The Kier molecular flexibility index (Phi) is 6.03. The first-order chi connectivity index (χ1) is 9.42. The van der Waals surface area contributed by atoms with Gasteiger partial charge in [0.1, 0.15) is 0 Å². The molecule has 1 aromatic carbocycles. The molecule has 0 unspecified atom stereocenters. The van der Waals surface area contributed by atoms with Crippen LogP contribution in [-0.4, -0.2) is 18.0 Å². The number of amides is 3. The first kappa shape index (κ1) is 16.0. The van der Waals surface area contributed by atoms with Gasteiger partial charge in [0.05, 0.1) is 0 Å². The number of carbonyl (C=O) groups is 2. The fourth-order valence-electron chi connectivity index (χ4n) is 1.43. The molecule has 5 heteroatoms. The van der Waals surface area contributed by atoms with Gasteiger partial charge in [-0.15, -0.1) is 0 Å². The molecule has 0 saturated heterocycles. The first-order valence-corrected chi connectivity index (χ1v) is 6.89. The second kappa shape index (κ2) is 7.53. The molecule has 20 heavy (non-hydrogen) atoms. The van der Waals surface area contributed by atoms with Crippen LogP contribution in [0, 0.1) is 5.92 Å². The van der Waals surface area contributed by atoms with E-state index < -0.39 is 0 Å². The summed E-state index contributed by atoms with van der Waals surface area (Å²) in [5.41, 5.74) is 1.41. The minimum atomic E-state index is -0.225. The molecule has 3 amide bonds. The zero-order valence-electron chi connectivity index (χ0n) is 12.5. The number of nitrogens with one attached hydrogen (secondary N) is 3. The Balaban J connectivity index is 2.53. The quantitative estimate of drug-likeness (QED) is 0.773. The maximum absolute atomic E-state index is 11.7. The van der Waals surface area contributed by atoms with E-state index in [1.807, 2.05) is 6.92 Å². The third-order valence-electron chi connectivity index (χ3n) is 3.11. The van der Waals surface area contributed by atoms with Crippen molar-refractivity contribution in [3.8, 4) is 0 Å². The number of anilines is 2. The van der Waals surface area contributed by atoms with Gasteiger partial charge in [0, 0.05) is 23.8 Å². The average Bonchev–Trinajstić information content (AvgIpc) is 2.40. The van der Waals surface area contributed by atoms with E-state index in [2.05, 4.69) is 29.8 Å². The molecule has 0 saturated carbocycles. The van der Waals surface area contributed by atoms with Crippen molar-refractivity contribution in [2.45, 2.75) is 40.2 Å². The summed E-state index contributed by atoms with van der Waals surface area (Å²) in [5, 5.41) is 8.38. The van der Waals surface area contributed by atoms with Crippen LogP contribution in [0.5, 0.6) is 0 Å². The molecule has 0 aliphatic rings. The zero-order valence-corrected chi connectivity index (χ0v) is 12.5. The van der Waals surface area contributed by atoms with E-state index in [0.29, 0.717) is 18.0 Å². The Morgan fingerprint density at radius 2 is 1.50 bits per heavy atom. The number of rotatable bonds is 5. The lowest BCUT2D eigenvalue weighted by atomic mass is 10.1. The Morgan fingerprint density at radius 3 is 1.95 bits per heavy atom. The van der Waals surface area contributed by atoms with Gasteiger partial charge < -0.3 is 16.0 Å². The van der Waals surface area contributed by atoms with Crippen molar-refractivity contribution < 1.29 is 9.59 Å². The molecule has 1 aromatic rings. The number of hydrogen-bond acceptors (Lipinski definition) is 2. The smallest absolute Gasteiger partial charge is 0.319 e. The number of benzene rings is 1. The van der Waals surface area contributed by atoms with Gasteiger partial charge in [-0.3, -0.25) is 4.79 Å². The van der Waals surface area contributed by atoms with E-state index in [1.165, 1.54) is 0 Å². The molecule has 3 N–H and O–H groups in total. The highest BCUT2D eigenvalue weighted by molar-refractivity contribution is 5.92. The molecule has 0 bridgehead atoms. The molecule has 0 heterocycles. The van der Waals surface area contributed by atoms with Gasteiger partial charge in [0.2, 0.25) is 5.91 Å². The van der Waals surface area contributed by atoms with E-state index in [4.69, 9.17) is 0 Å². The maximum Gasteiger partial charge on any atom is 0.319 e. The predicted octanol–water partition coefficient (Wildman–Crippen LogP) is 3.20. The Labute approximate surface area is 120 Å². The standard InChI is InChI=1S/C15H23N3O2/c1-5-14(19)17-12-6-8-13(9-7-12)18-15(20)16-11(4)10(2)3/h6-11H,5H2,1-4H3,(H,17,19)(H2,16,18,20)/t11-/m1/s1. The third kappa shape index (κ3) is 5.30. The molecule has 0 aliphatic carbocycles. The van der Waals surface area contributed by atoms with Crippen LogP contribution in [0.2, 0.25) is 0 Å². The number of carbonyl (C=O) groups excluding carboxylic acids is 2. The van der Waals surface area contributed by atoms with Crippen LogP contribution < -0.4 is 16.0 Å². The largest absolute Gasteiger partial charge is 0.335 e. The highest BCUT2D eigenvalue weighted by atomic mass is 16.2. The molecule has 0 fully saturated rings. The van der Waals surface area contributed by atoms with Crippen molar-refractivity contribution in [3.63, 3.8) is 0 Å². The summed E-state index contributed by atoms with van der Waals surface area (Å²) in [4.78, 5) is 23.0. The minimum absolute atomic E-state index is 0.0331. The van der Waals surface area contributed by atoms with Crippen LogP contribution in [0.4, 0.5) is 16.2 Å². The maximum atomic E-state index is 11.7. The second-order valence-corrected chi connectivity index (χ2v) is 5.11. The van der Waals surface area contributed by atoms with Crippen LogP contribution in [0.3, 0.4) is 0 Å². The monoisotopic (exact) mass is 277 g/mol. The molecule has 1 atom stereocenters. The zero-order chi connectivity index (χ0) is 15.1. The molecule has 1 rings (SSSR count). The van der Waals surface area contributed by atoms with Gasteiger partial charge in [0.25, 0.3) is 0 Å². The number of hydrogen-bond donors (Lipinski definition) is 3. The molecular formula is C15H23N3O2. The van der Waals surface area contributed by atoms with Gasteiger partial charge in [-0.2, -0.15) is 0 Å². The fraction of sp³-hybridized carbons (Fsp3) is 0.467. The molecule has 0 aliphatic heterocycles. The van der Waals surface area contributed by atoms with E-state index in [1.54, 1.807) is 31.2 Å². The van der Waals surface area contributed by atoms with E-state index in [0.717, 1.165) is 5.69 Å². The van der Waals surface area contributed by atoms with Crippen LogP contribution >= 0.6 is 0 Å². The highest BCUT2D eigenvalue weighted by Crippen LogP contribution is 2.13. The van der Waals surface area contributed by atoms with Crippen LogP contribution in [0.15, 0.2) is 24.3 Å². The van der Waals surface area contributed by atoms with Crippen molar-refractivity contribution in [1.82, 2.24) is 5.32 Å². The summed E-state index contributed by atoms with van der Waals surface area (Å²) < 4.78 is 0. The topological polar surface area (TPSA) is 70.2 Å². The van der Waals surface area contributed by atoms with E-state index in [9.17, 15) is 9.59 Å². The first-order valence-electron chi connectivity index (χ1n) is 6.89. The fourth-order valence-corrected chi connectivity index (χ4v) is 1.43. The molecule has 5 nitrogen and oxygen atoms in total. The van der Waals surface area contributed by atoms with Crippen molar-refractivity contribution >= 4 is 23.3 Å². The van der Waals surface area contributed by atoms with Crippen molar-refractivity contribution in [2.24, 2.45) is 5.92 Å². The van der Waals surface area contributed by atoms with Gasteiger partial charge in [-0.05, 0) is 37.1 Å². The van der Waals surface area contributed by atoms with Crippen molar-refractivity contribution in [3.05, 3.63) is 24.3 Å². The van der Waals surface area contributed by atoms with Gasteiger partial charge in [-0.1, -0.05) is 20.8 Å². The lowest BCUT2D eigenvalue weighted by molar-refractivity contribution is -0.115. The highest BCUT2D eigenvalue weighted by Gasteiger charge is 2.10. The average molecular weight is 277 g/mol. The summed E-state index contributed by atoms with van der Waals surface area (Å²) in [6.07, 6.45) is 0.440. The van der Waals surface area contributed by atoms with Crippen LogP contribution in [0.1, 0.15) is 34.1 Å². The second-order valence-electron chi connectivity index (χ2n) is 5.11. The summed E-state index contributed by atoms with van der Waals surface area (Å²) in [6.45, 7) is 7.87. The molecule has 110 valence electrons. The Morgan fingerprint density at radius 1 is 1.00 bits per heavy atom. The summed E-state index contributed by atoms with van der Waals surface area (Å²) >= 11 is 0. The van der Waals surface area contributed by atoms with E-state index >= 15 is 0 Å². The normalized spacial score (nSPS) is 11.8. The van der Waals surface area contributed by atoms with Crippen LogP contribution in [-0.2, 0) is 4.79 Å². The van der Waals surface area contributed by atoms with Gasteiger partial charge in [0.15, 0.2) is 0 Å². The summed E-state index contributed by atoms with van der Waals surface area (Å²) in [6, 6.07) is 6.91. The van der Waals surface area contributed by atoms with E-state index in [-0.39, 0.29) is 18.0 Å². The molecule has 0 radical (unpaired) electrons. The van der Waals surface area contributed by atoms with Gasteiger partial charge in [-0.25, -0.2) is 4.79 Å². The predicted molar refractivity (Wildman–Crippen MR) is 81.8 cm³/mol. The lowest BCUT2D eigenvalue weighted by Crippen LogP contribution is -2.38. The Bertz CT molecular complexity index is 455. The Hall–Kier alpha value is -2.04. The SMILES string of the molecule is CCC(=O)Nc1ccc(NC(=O)N[C@H](C)C(C)C)cc1. The molecular weight excluding hydrogens is 254 g/mol. The summed E-state index contributed by atoms with van der Waals surface area (Å²) in [7, 11) is 0. The van der Waals surface area contributed by atoms with Crippen LogP contribution in [0.25, 0.3) is 0 Å². The molecule has 0 aromatic heterocycles. The lowest BCUT2D eigenvalue weighted by Gasteiger charge is -2.17. The summed E-state index contributed by atoms with van der Waals surface area (Å²) in [5.74, 6) is 0.349. The van der Waals surface area contributed by atoms with Crippen molar-refractivity contribution in [2.75, 3.05) is 10.6 Å². The minimum Gasteiger partial charge on any atom is -0.335 e. The third-order valence-corrected chi connectivity index (χ3v) is 3.11. The van der Waals surface area contributed by atoms with Crippen molar-refractivity contribution in [1.29, 1.82) is 0 Å².